The molecule has 112 valence electrons. The minimum atomic E-state index is 0.670. The van der Waals surface area contributed by atoms with Crippen LogP contribution in [0.4, 0.5) is 0 Å². The number of aromatic nitrogens is 8. The number of hydrogen-bond acceptors (Lipinski definition) is 6. The predicted octanol–water partition coefficient (Wildman–Crippen LogP) is 2.36. The first-order valence-corrected chi connectivity index (χ1v) is 8.09. The first-order valence-electron chi connectivity index (χ1n) is 6.48. The zero-order valence-electron chi connectivity index (χ0n) is 12.0. The highest BCUT2D eigenvalue weighted by Crippen LogP contribution is 2.32. The van der Waals surface area contributed by atoms with E-state index >= 15 is 0 Å². The van der Waals surface area contributed by atoms with Gasteiger partial charge >= 0.3 is 0 Å². The van der Waals surface area contributed by atoms with Crippen LogP contribution in [0.25, 0.3) is 27.2 Å². The van der Waals surface area contributed by atoms with Crippen molar-refractivity contribution in [2.75, 3.05) is 0 Å². The van der Waals surface area contributed by atoms with E-state index in [0.717, 1.165) is 37.2 Å². The van der Waals surface area contributed by atoms with Crippen molar-refractivity contribution >= 4 is 32.2 Å². The molecule has 0 atom stereocenters. The van der Waals surface area contributed by atoms with Crippen LogP contribution in [-0.4, -0.2) is 39.8 Å². The summed E-state index contributed by atoms with van der Waals surface area (Å²) in [5.41, 5.74) is 3.54. The standard InChI is InChI=1S/C12H11BrN8S/c1-5-4-7(20(3)18-5)10-16-17-12-21(10)19-11(22-12)9-8(13)6(2)14-15-9/h4H,1-3H3,(H,14,15). The maximum atomic E-state index is 4.60. The van der Waals surface area contributed by atoms with Gasteiger partial charge in [0.25, 0.3) is 0 Å². The zero-order valence-corrected chi connectivity index (χ0v) is 14.4. The quantitative estimate of drug-likeness (QED) is 0.578. The molecule has 22 heavy (non-hydrogen) atoms. The molecule has 0 saturated heterocycles. The van der Waals surface area contributed by atoms with Gasteiger partial charge in [0.2, 0.25) is 10.8 Å². The Hall–Kier alpha value is -2.07. The van der Waals surface area contributed by atoms with Crippen LogP contribution < -0.4 is 0 Å². The lowest BCUT2D eigenvalue weighted by atomic mass is 10.3. The fraction of sp³-hybridized carbons (Fsp3) is 0.250. The van der Waals surface area contributed by atoms with Crippen LogP contribution in [0.5, 0.6) is 0 Å². The summed E-state index contributed by atoms with van der Waals surface area (Å²) < 4.78 is 4.42. The number of halogens is 1. The summed E-state index contributed by atoms with van der Waals surface area (Å²) in [6.45, 7) is 3.89. The van der Waals surface area contributed by atoms with Crippen LogP contribution in [-0.2, 0) is 7.05 Å². The van der Waals surface area contributed by atoms with Gasteiger partial charge in [0.15, 0.2) is 5.01 Å². The molecule has 10 heteroatoms. The van der Waals surface area contributed by atoms with Gasteiger partial charge < -0.3 is 0 Å². The van der Waals surface area contributed by atoms with Crippen LogP contribution in [0.15, 0.2) is 10.5 Å². The van der Waals surface area contributed by atoms with Gasteiger partial charge in [0.1, 0.15) is 11.4 Å². The second-order valence-electron chi connectivity index (χ2n) is 4.93. The fourth-order valence-electron chi connectivity index (χ4n) is 2.25. The molecule has 0 aliphatic carbocycles. The van der Waals surface area contributed by atoms with E-state index in [1.54, 1.807) is 9.20 Å². The van der Waals surface area contributed by atoms with Gasteiger partial charge in [0, 0.05) is 12.7 Å². The van der Waals surface area contributed by atoms with Crippen LogP contribution >= 0.6 is 27.3 Å². The van der Waals surface area contributed by atoms with Crippen molar-refractivity contribution in [2.24, 2.45) is 7.05 Å². The summed E-state index contributed by atoms with van der Waals surface area (Å²) in [5.74, 6) is 0.670. The fourth-order valence-corrected chi connectivity index (χ4v) is 3.58. The number of H-pyrrole nitrogens is 1. The van der Waals surface area contributed by atoms with Crippen molar-refractivity contribution in [1.82, 2.24) is 39.8 Å². The van der Waals surface area contributed by atoms with Crippen LogP contribution in [0, 0.1) is 13.8 Å². The molecule has 0 spiro atoms. The third-order valence-corrected chi connectivity index (χ3v) is 5.17. The number of aryl methyl sites for hydroxylation is 3. The average Bonchev–Trinajstić information content (AvgIpc) is 3.17. The summed E-state index contributed by atoms with van der Waals surface area (Å²) in [7, 11) is 1.88. The summed E-state index contributed by atoms with van der Waals surface area (Å²) in [6.07, 6.45) is 0. The lowest BCUT2D eigenvalue weighted by molar-refractivity contribution is 0.754. The van der Waals surface area contributed by atoms with E-state index in [4.69, 9.17) is 0 Å². The first-order chi connectivity index (χ1) is 10.5. The molecule has 0 aliphatic heterocycles. The Balaban J connectivity index is 1.90. The maximum Gasteiger partial charge on any atom is 0.235 e. The van der Waals surface area contributed by atoms with E-state index in [1.165, 1.54) is 11.3 Å². The molecular formula is C12H11BrN8S. The minimum Gasteiger partial charge on any atom is -0.281 e. The van der Waals surface area contributed by atoms with E-state index < -0.39 is 0 Å². The smallest absolute Gasteiger partial charge is 0.235 e. The molecule has 0 aliphatic rings. The molecule has 0 bridgehead atoms. The predicted molar refractivity (Wildman–Crippen MR) is 85.6 cm³/mol. The number of nitrogens with zero attached hydrogens (tertiary/aromatic N) is 7. The number of rotatable bonds is 2. The Labute approximate surface area is 137 Å². The Bertz CT molecular complexity index is 990. The van der Waals surface area contributed by atoms with Gasteiger partial charge in [-0.05, 0) is 35.8 Å². The van der Waals surface area contributed by atoms with E-state index in [0.29, 0.717) is 5.82 Å². The molecule has 4 heterocycles. The average molecular weight is 379 g/mol. The third kappa shape index (κ3) is 1.91. The summed E-state index contributed by atoms with van der Waals surface area (Å²) in [5, 5.41) is 25.4. The number of nitrogens with one attached hydrogen (secondary N) is 1. The SMILES string of the molecule is Cc1cc(-c2nnc3sc(-c4n[nH]c(C)c4Br)nn23)n(C)n1. The van der Waals surface area contributed by atoms with Crippen LogP contribution in [0.1, 0.15) is 11.4 Å². The van der Waals surface area contributed by atoms with Crippen molar-refractivity contribution < 1.29 is 0 Å². The minimum absolute atomic E-state index is 0.670. The molecular weight excluding hydrogens is 368 g/mol. The molecule has 0 aromatic carbocycles. The Morgan fingerprint density at radius 1 is 1.23 bits per heavy atom. The highest BCUT2D eigenvalue weighted by atomic mass is 79.9. The van der Waals surface area contributed by atoms with Crippen molar-refractivity contribution in [2.45, 2.75) is 13.8 Å². The third-order valence-electron chi connectivity index (χ3n) is 3.30. The second kappa shape index (κ2) is 4.71. The van der Waals surface area contributed by atoms with E-state index in [1.807, 2.05) is 27.0 Å². The summed E-state index contributed by atoms with van der Waals surface area (Å²) in [6, 6.07) is 1.96. The number of hydrogen-bond donors (Lipinski definition) is 1. The zero-order chi connectivity index (χ0) is 15.4. The first kappa shape index (κ1) is 13.6. The van der Waals surface area contributed by atoms with Gasteiger partial charge in [-0.15, -0.1) is 10.2 Å². The van der Waals surface area contributed by atoms with Crippen molar-refractivity contribution in [3.05, 3.63) is 21.9 Å². The van der Waals surface area contributed by atoms with Crippen LogP contribution in [0.2, 0.25) is 0 Å². The molecule has 0 amide bonds. The molecule has 0 unspecified atom stereocenters. The maximum absolute atomic E-state index is 4.60. The summed E-state index contributed by atoms with van der Waals surface area (Å²) in [4.78, 5) is 0.719. The van der Waals surface area contributed by atoms with E-state index in [9.17, 15) is 0 Å². The van der Waals surface area contributed by atoms with E-state index in [2.05, 4.69) is 46.5 Å². The highest BCUT2D eigenvalue weighted by Gasteiger charge is 2.20. The normalized spacial score (nSPS) is 11.6. The number of fused-ring (bicyclic) bond motifs is 1. The molecule has 0 saturated carbocycles. The second-order valence-corrected chi connectivity index (χ2v) is 6.68. The molecule has 4 rings (SSSR count). The molecule has 0 fully saturated rings. The molecule has 4 aromatic rings. The molecule has 4 aromatic heterocycles. The lowest BCUT2D eigenvalue weighted by Gasteiger charge is -1.96. The Morgan fingerprint density at radius 2 is 2.05 bits per heavy atom. The van der Waals surface area contributed by atoms with Crippen LogP contribution in [0.3, 0.4) is 0 Å². The Morgan fingerprint density at radius 3 is 2.68 bits per heavy atom. The topological polar surface area (TPSA) is 89.6 Å². The van der Waals surface area contributed by atoms with Crippen molar-refractivity contribution in [3.63, 3.8) is 0 Å². The lowest BCUT2D eigenvalue weighted by Crippen LogP contribution is -1.98. The number of aromatic amines is 1. The molecule has 0 radical (unpaired) electrons. The molecule has 1 N–H and O–H groups in total. The monoisotopic (exact) mass is 378 g/mol. The van der Waals surface area contributed by atoms with Gasteiger partial charge in [-0.2, -0.15) is 19.8 Å². The van der Waals surface area contributed by atoms with Gasteiger partial charge in [-0.25, -0.2) is 0 Å². The Kier molecular flexibility index (Phi) is 2.91. The van der Waals surface area contributed by atoms with Gasteiger partial charge in [-0.1, -0.05) is 11.3 Å². The largest absolute Gasteiger partial charge is 0.281 e. The molecule has 8 nitrogen and oxygen atoms in total. The van der Waals surface area contributed by atoms with Crippen molar-refractivity contribution in [3.8, 4) is 22.2 Å². The van der Waals surface area contributed by atoms with E-state index in [-0.39, 0.29) is 0 Å². The van der Waals surface area contributed by atoms with Gasteiger partial charge in [0.05, 0.1) is 10.2 Å². The van der Waals surface area contributed by atoms with Crippen molar-refractivity contribution in [1.29, 1.82) is 0 Å². The van der Waals surface area contributed by atoms with Gasteiger partial charge in [-0.3, -0.25) is 9.78 Å². The summed E-state index contributed by atoms with van der Waals surface area (Å²) >= 11 is 4.97. The highest BCUT2D eigenvalue weighted by molar-refractivity contribution is 9.10.